The van der Waals surface area contributed by atoms with Crippen molar-refractivity contribution in [1.29, 1.82) is 0 Å². The van der Waals surface area contributed by atoms with E-state index in [1.54, 1.807) is 12.1 Å². The van der Waals surface area contributed by atoms with Crippen LogP contribution in [0.15, 0.2) is 41.4 Å². The van der Waals surface area contributed by atoms with Gasteiger partial charge in [0.2, 0.25) is 10.0 Å². The standard InChI is InChI=1S/C23H32N4O6S/c1-22(2)13-17(23(3,4)33-22)14-26-34(30,31)19-12-20(32-5)21(25-15-19)24-10-9-16-7-6-8-18(11-16)27(28)29/h6-8,11-12,15,17,26H,9-10,13-14H2,1-5H3,(H,24,25). The van der Waals surface area contributed by atoms with Crippen molar-refractivity contribution in [2.75, 3.05) is 25.5 Å². The topological polar surface area (TPSA) is 133 Å². The Morgan fingerprint density at radius 2 is 2.00 bits per heavy atom. The minimum absolute atomic E-state index is 0.00423. The molecule has 0 bridgehead atoms. The van der Waals surface area contributed by atoms with Crippen LogP contribution < -0.4 is 14.8 Å². The average Bonchev–Trinajstić information content (AvgIpc) is 2.98. The molecule has 2 aromatic rings. The predicted molar refractivity (Wildman–Crippen MR) is 129 cm³/mol. The van der Waals surface area contributed by atoms with Crippen molar-refractivity contribution in [1.82, 2.24) is 9.71 Å². The van der Waals surface area contributed by atoms with Crippen LogP contribution in [0, 0.1) is 16.0 Å². The third-order valence-corrected chi connectivity index (χ3v) is 7.36. The third kappa shape index (κ3) is 6.22. The van der Waals surface area contributed by atoms with Crippen LogP contribution in [0.1, 0.15) is 39.7 Å². The van der Waals surface area contributed by atoms with E-state index in [4.69, 9.17) is 9.47 Å². The van der Waals surface area contributed by atoms with Gasteiger partial charge in [0, 0.05) is 43.4 Å². The zero-order valence-corrected chi connectivity index (χ0v) is 20.9. The summed E-state index contributed by atoms with van der Waals surface area (Å²) in [5.41, 5.74) is 0.0922. The Kier molecular flexibility index (Phi) is 7.49. The summed E-state index contributed by atoms with van der Waals surface area (Å²) >= 11 is 0. The first kappa shape index (κ1) is 25.9. The molecule has 1 aliphatic rings. The van der Waals surface area contributed by atoms with Gasteiger partial charge >= 0.3 is 0 Å². The van der Waals surface area contributed by atoms with Crippen LogP contribution >= 0.6 is 0 Å². The second-order valence-corrected chi connectivity index (χ2v) is 11.3. The van der Waals surface area contributed by atoms with E-state index in [0.717, 1.165) is 12.0 Å². The van der Waals surface area contributed by atoms with Crippen molar-refractivity contribution in [2.24, 2.45) is 5.92 Å². The lowest BCUT2D eigenvalue weighted by molar-refractivity contribution is -0.384. The number of ether oxygens (including phenoxy) is 2. The molecule has 1 atom stereocenters. The molecule has 2 N–H and O–H groups in total. The normalized spacial score (nSPS) is 19.0. The molecule has 2 heterocycles. The Morgan fingerprint density at radius 1 is 1.26 bits per heavy atom. The number of hydrogen-bond acceptors (Lipinski definition) is 8. The van der Waals surface area contributed by atoms with E-state index in [0.29, 0.717) is 18.8 Å². The summed E-state index contributed by atoms with van der Waals surface area (Å²) in [6.07, 6.45) is 2.54. The lowest BCUT2D eigenvalue weighted by Gasteiger charge is -2.27. The molecule has 10 nitrogen and oxygen atoms in total. The zero-order valence-electron chi connectivity index (χ0n) is 20.1. The molecule has 1 aromatic heterocycles. The first-order chi connectivity index (χ1) is 15.8. The highest BCUT2D eigenvalue weighted by atomic mass is 32.2. The maximum atomic E-state index is 12.9. The number of nitro benzene ring substituents is 1. The Morgan fingerprint density at radius 3 is 2.62 bits per heavy atom. The van der Waals surface area contributed by atoms with Crippen LogP contribution in [0.3, 0.4) is 0 Å². The Bertz CT molecular complexity index is 1150. The summed E-state index contributed by atoms with van der Waals surface area (Å²) in [5.74, 6) is 0.702. The monoisotopic (exact) mass is 492 g/mol. The average molecular weight is 493 g/mol. The van der Waals surface area contributed by atoms with Gasteiger partial charge < -0.3 is 14.8 Å². The number of rotatable bonds is 10. The molecule has 1 unspecified atom stereocenters. The van der Waals surface area contributed by atoms with Crippen LogP contribution in [0.2, 0.25) is 0 Å². The number of non-ortho nitro benzene ring substituents is 1. The Balaban J connectivity index is 1.64. The molecule has 0 saturated carbocycles. The lowest BCUT2D eigenvalue weighted by Crippen LogP contribution is -2.37. The quantitative estimate of drug-likeness (QED) is 0.380. The van der Waals surface area contributed by atoms with Gasteiger partial charge in [-0.05, 0) is 46.1 Å². The van der Waals surface area contributed by atoms with Crippen molar-refractivity contribution in [2.45, 2.75) is 56.6 Å². The molecule has 0 amide bonds. The SMILES string of the molecule is COc1cc(S(=O)(=O)NCC2CC(C)(C)OC2(C)C)cnc1NCCc1cccc([N+](=O)[O-])c1. The Labute approximate surface area is 200 Å². The van der Waals surface area contributed by atoms with E-state index in [1.807, 2.05) is 27.7 Å². The second-order valence-electron chi connectivity index (χ2n) is 9.54. The van der Waals surface area contributed by atoms with Crippen LogP contribution in [0.5, 0.6) is 5.75 Å². The van der Waals surface area contributed by atoms with Crippen molar-refractivity contribution < 1.29 is 22.8 Å². The number of hydrogen-bond donors (Lipinski definition) is 2. The molecule has 0 spiro atoms. The van der Waals surface area contributed by atoms with Gasteiger partial charge in [0.1, 0.15) is 4.90 Å². The van der Waals surface area contributed by atoms with Crippen LogP contribution in [0.4, 0.5) is 11.5 Å². The van der Waals surface area contributed by atoms with Crippen molar-refractivity contribution in [3.8, 4) is 5.75 Å². The van der Waals surface area contributed by atoms with E-state index in [2.05, 4.69) is 15.0 Å². The highest BCUT2D eigenvalue weighted by Crippen LogP contribution is 2.41. The first-order valence-corrected chi connectivity index (χ1v) is 12.5. The van der Waals surface area contributed by atoms with Crippen LogP contribution in [-0.4, -0.2) is 49.7 Å². The van der Waals surface area contributed by atoms with E-state index in [1.165, 1.54) is 31.5 Å². The fourth-order valence-electron chi connectivity index (χ4n) is 4.30. The lowest BCUT2D eigenvalue weighted by atomic mass is 9.88. The predicted octanol–water partition coefficient (Wildman–Crippen LogP) is 3.53. The van der Waals surface area contributed by atoms with Gasteiger partial charge in [-0.2, -0.15) is 0 Å². The minimum Gasteiger partial charge on any atom is -0.493 e. The fourth-order valence-corrected chi connectivity index (χ4v) is 5.34. The summed E-state index contributed by atoms with van der Waals surface area (Å²) in [7, 11) is -2.36. The molecule has 3 rings (SSSR count). The number of aromatic nitrogens is 1. The minimum atomic E-state index is -3.80. The number of nitrogens with one attached hydrogen (secondary N) is 2. The van der Waals surface area contributed by atoms with Crippen molar-refractivity contribution in [3.63, 3.8) is 0 Å². The molecule has 34 heavy (non-hydrogen) atoms. The number of nitro groups is 1. The number of methoxy groups -OCH3 is 1. The maximum absolute atomic E-state index is 12.9. The third-order valence-electron chi connectivity index (χ3n) is 5.97. The van der Waals surface area contributed by atoms with Crippen molar-refractivity contribution >= 4 is 21.5 Å². The molecule has 1 saturated heterocycles. The summed E-state index contributed by atoms with van der Waals surface area (Å²) in [6.45, 7) is 8.64. The van der Waals surface area contributed by atoms with E-state index < -0.39 is 20.5 Å². The summed E-state index contributed by atoms with van der Waals surface area (Å²) in [4.78, 5) is 14.7. The van der Waals surface area contributed by atoms with Gasteiger partial charge in [-0.1, -0.05) is 12.1 Å². The first-order valence-electron chi connectivity index (χ1n) is 11.0. The number of benzene rings is 1. The molecule has 186 valence electrons. The van der Waals surface area contributed by atoms with Gasteiger partial charge in [0.15, 0.2) is 11.6 Å². The number of sulfonamides is 1. The fraction of sp³-hybridized carbons (Fsp3) is 0.522. The summed E-state index contributed by atoms with van der Waals surface area (Å²) in [5, 5.41) is 14.0. The van der Waals surface area contributed by atoms with E-state index in [-0.39, 0.29) is 34.4 Å². The molecule has 11 heteroatoms. The highest BCUT2D eigenvalue weighted by Gasteiger charge is 2.45. The smallest absolute Gasteiger partial charge is 0.269 e. The van der Waals surface area contributed by atoms with Gasteiger partial charge in [0.05, 0.1) is 23.2 Å². The van der Waals surface area contributed by atoms with Gasteiger partial charge in [-0.25, -0.2) is 18.1 Å². The molecular weight excluding hydrogens is 460 g/mol. The molecular formula is C23H32N4O6S. The van der Waals surface area contributed by atoms with Gasteiger partial charge in [-0.15, -0.1) is 0 Å². The largest absolute Gasteiger partial charge is 0.493 e. The zero-order chi connectivity index (χ0) is 25.1. The molecule has 1 fully saturated rings. The number of anilines is 1. The maximum Gasteiger partial charge on any atom is 0.269 e. The second kappa shape index (κ2) is 9.85. The van der Waals surface area contributed by atoms with Crippen LogP contribution in [-0.2, 0) is 21.2 Å². The van der Waals surface area contributed by atoms with Gasteiger partial charge in [-0.3, -0.25) is 10.1 Å². The molecule has 0 aliphatic carbocycles. The van der Waals surface area contributed by atoms with Gasteiger partial charge in [0.25, 0.3) is 5.69 Å². The Hall–Kier alpha value is -2.76. The van der Waals surface area contributed by atoms with Crippen molar-refractivity contribution in [3.05, 3.63) is 52.2 Å². The summed E-state index contributed by atoms with van der Waals surface area (Å²) < 4.78 is 39.9. The highest BCUT2D eigenvalue weighted by molar-refractivity contribution is 7.89. The number of pyridine rings is 1. The van der Waals surface area contributed by atoms with E-state index in [9.17, 15) is 18.5 Å². The molecule has 1 aliphatic heterocycles. The number of nitrogens with zero attached hydrogens (tertiary/aromatic N) is 2. The van der Waals surface area contributed by atoms with E-state index >= 15 is 0 Å². The molecule has 0 radical (unpaired) electrons. The molecule has 1 aromatic carbocycles. The summed E-state index contributed by atoms with van der Waals surface area (Å²) in [6, 6.07) is 7.82. The van der Waals surface area contributed by atoms with Crippen LogP contribution in [0.25, 0.3) is 0 Å².